The molecule has 0 saturated carbocycles. The summed E-state index contributed by atoms with van der Waals surface area (Å²) in [5, 5.41) is 3.40. The summed E-state index contributed by atoms with van der Waals surface area (Å²) >= 11 is 0. The Bertz CT molecular complexity index is 144. The molecule has 84 valence electrons. The second kappa shape index (κ2) is 6.38. The van der Waals surface area contributed by atoms with Crippen LogP contribution in [-0.2, 0) is 4.74 Å². The van der Waals surface area contributed by atoms with Crippen molar-refractivity contribution in [1.29, 1.82) is 0 Å². The van der Waals surface area contributed by atoms with Gasteiger partial charge in [-0.15, -0.1) is 0 Å². The average molecular weight is 200 g/mol. The molecule has 14 heavy (non-hydrogen) atoms. The van der Waals surface area contributed by atoms with Gasteiger partial charge in [0.15, 0.2) is 0 Å². The molecule has 0 unspecified atom stereocenters. The second-order valence-corrected chi connectivity index (χ2v) is 4.53. The molecule has 1 heterocycles. The molecule has 0 aliphatic carbocycles. The molecule has 3 heteroatoms. The first-order valence-electron chi connectivity index (χ1n) is 5.69. The Kier molecular flexibility index (Phi) is 5.45. The van der Waals surface area contributed by atoms with Gasteiger partial charge in [-0.05, 0) is 19.4 Å². The number of nitrogens with zero attached hydrogens (tertiary/aromatic N) is 1. The first-order valence-corrected chi connectivity index (χ1v) is 5.69. The Labute approximate surface area is 87.8 Å². The summed E-state index contributed by atoms with van der Waals surface area (Å²) in [4.78, 5) is 2.49. The summed E-state index contributed by atoms with van der Waals surface area (Å²) < 4.78 is 5.33. The number of likely N-dealkylation sites (N-methyl/N-ethyl adjacent to an activating group) is 1. The summed E-state index contributed by atoms with van der Waals surface area (Å²) in [5.41, 5.74) is 0. The fourth-order valence-electron chi connectivity index (χ4n) is 1.95. The molecule has 1 rings (SSSR count). The maximum atomic E-state index is 5.33. The predicted molar refractivity (Wildman–Crippen MR) is 59.6 cm³/mol. The molecule has 1 fully saturated rings. The highest BCUT2D eigenvalue weighted by molar-refractivity contribution is 4.73. The molecule has 0 bridgehead atoms. The van der Waals surface area contributed by atoms with Crippen LogP contribution < -0.4 is 5.32 Å². The van der Waals surface area contributed by atoms with Gasteiger partial charge < -0.3 is 10.1 Å². The Morgan fingerprint density at radius 3 is 2.43 bits per heavy atom. The number of nitrogens with one attached hydrogen (secondary N) is 1. The van der Waals surface area contributed by atoms with Crippen molar-refractivity contribution in [3.63, 3.8) is 0 Å². The summed E-state index contributed by atoms with van der Waals surface area (Å²) in [7, 11) is 2.06. The molecular weight excluding hydrogens is 176 g/mol. The largest absolute Gasteiger partial charge is 0.379 e. The number of hydrogen-bond acceptors (Lipinski definition) is 3. The van der Waals surface area contributed by atoms with E-state index in [9.17, 15) is 0 Å². The molecule has 0 spiro atoms. The van der Waals surface area contributed by atoms with E-state index in [2.05, 4.69) is 31.1 Å². The van der Waals surface area contributed by atoms with E-state index < -0.39 is 0 Å². The minimum absolute atomic E-state index is 0.632. The van der Waals surface area contributed by atoms with Gasteiger partial charge in [0.25, 0.3) is 0 Å². The first-order chi connectivity index (χ1) is 6.72. The summed E-state index contributed by atoms with van der Waals surface area (Å²) in [5.74, 6) is 0.772. The quantitative estimate of drug-likeness (QED) is 0.715. The van der Waals surface area contributed by atoms with Crippen molar-refractivity contribution in [1.82, 2.24) is 10.2 Å². The predicted octanol–water partition coefficient (Wildman–Crippen LogP) is 0.953. The van der Waals surface area contributed by atoms with Crippen LogP contribution in [0.3, 0.4) is 0 Å². The monoisotopic (exact) mass is 200 g/mol. The van der Waals surface area contributed by atoms with Gasteiger partial charge in [0, 0.05) is 25.7 Å². The smallest absolute Gasteiger partial charge is 0.0594 e. The Hall–Kier alpha value is -0.120. The van der Waals surface area contributed by atoms with E-state index in [4.69, 9.17) is 4.74 Å². The summed E-state index contributed by atoms with van der Waals surface area (Å²) in [6, 6.07) is 0.632. The zero-order valence-corrected chi connectivity index (χ0v) is 9.75. The maximum absolute atomic E-state index is 5.33. The van der Waals surface area contributed by atoms with Crippen LogP contribution in [-0.4, -0.2) is 50.8 Å². The summed E-state index contributed by atoms with van der Waals surface area (Å²) in [6.07, 6.45) is 1.26. The van der Waals surface area contributed by atoms with Crippen molar-refractivity contribution in [3.8, 4) is 0 Å². The van der Waals surface area contributed by atoms with Crippen molar-refractivity contribution >= 4 is 0 Å². The third-order valence-corrected chi connectivity index (χ3v) is 2.75. The molecule has 1 aliphatic rings. The minimum atomic E-state index is 0.632. The van der Waals surface area contributed by atoms with E-state index in [0.717, 1.165) is 38.8 Å². The van der Waals surface area contributed by atoms with Crippen molar-refractivity contribution in [3.05, 3.63) is 0 Å². The molecule has 1 saturated heterocycles. The molecule has 1 atom stereocenters. The molecule has 0 radical (unpaired) electrons. The third kappa shape index (κ3) is 4.40. The van der Waals surface area contributed by atoms with Crippen LogP contribution in [0, 0.1) is 5.92 Å². The lowest BCUT2D eigenvalue weighted by Gasteiger charge is -2.31. The van der Waals surface area contributed by atoms with Gasteiger partial charge in [0.1, 0.15) is 0 Å². The van der Waals surface area contributed by atoms with Gasteiger partial charge in [0.2, 0.25) is 0 Å². The second-order valence-electron chi connectivity index (χ2n) is 4.53. The van der Waals surface area contributed by atoms with Gasteiger partial charge in [-0.2, -0.15) is 0 Å². The van der Waals surface area contributed by atoms with Gasteiger partial charge in [0.05, 0.1) is 13.2 Å². The van der Waals surface area contributed by atoms with Crippen LogP contribution in [0.2, 0.25) is 0 Å². The number of morpholine rings is 1. The maximum Gasteiger partial charge on any atom is 0.0594 e. The highest BCUT2D eigenvalue weighted by atomic mass is 16.5. The lowest BCUT2D eigenvalue weighted by Crippen LogP contribution is -2.45. The van der Waals surface area contributed by atoms with E-state index in [0.29, 0.717) is 6.04 Å². The van der Waals surface area contributed by atoms with Crippen LogP contribution in [0.1, 0.15) is 20.3 Å². The number of hydrogen-bond donors (Lipinski definition) is 1. The topological polar surface area (TPSA) is 24.5 Å². The minimum Gasteiger partial charge on any atom is -0.379 e. The zero-order chi connectivity index (χ0) is 10.4. The Morgan fingerprint density at radius 2 is 1.93 bits per heavy atom. The van der Waals surface area contributed by atoms with E-state index in [1.54, 1.807) is 0 Å². The molecule has 0 amide bonds. The molecule has 0 aromatic carbocycles. The normalized spacial score (nSPS) is 21.4. The highest BCUT2D eigenvalue weighted by Gasteiger charge is 2.15. The SMILES string of the molecule is CN[C@H](CC(C)C)CN1CCOCC1. The molecule has 0 aromatic rings. The Balaban J connectivity index is 2.23. The van der Waals surface area contributed by atoms with E-state index >= 15 is 0 Å². The van der Waals surface area contributed by atoms with Crippen LogP contribution in [0.4, 0.5) is 0 Å². The number of rotatable bonds is 5. The van der Waals surface area contributed by atoms with Gasteiger partial charge in [-0.3, -0.25) is 4.90 Å². The van der Waals surface area contributed by atoms with Gasteiger partial charge in [-0.1, -0.05) is 13.8 Å². The van der Waals surface area contributed by atoms with Crippen LogP contribution in [0.5, 0.6) is 0 Å². The average Bonchev–Trinajstić information content (AvgIpc) is 2.17. The van der Waals surface area contributed by atoms with E-state index in [-0.39, 0.29) is 0 Å². The molecular formula is C11H24N2O. The van der Waals surface area contributed by atoms with Crippen molar-refractivity contribution in [2.24, 2.45) is 5.92 Å². The highest BCUT2D eigenvalue weighted by Crippen LogP contribution is 2.07. The first kappa shape index (κ1) is 12.0. The molecule has 1 aliphatic heterocycles. The van der Waals surface area contributed by atoms with Crippen LogP contribution in [0.15, 0.2) is 0 Å². The van der Waals surface area contributed by atoms with E-state index in [1.807, 2.05) is 0 Å². The Morgan fingerprint density at radius 1 is 1.29 bits per heavy atom. The number of ether oxygens (including phenoxy) is 1. The van der Waals surface area contributed by atoms with E-state index in [1.165, 1.54) is 6.42 Å². The van der Waals surface area contributed by atoms with Crippen molar-refractivity contribution < 1.29 is 4.74 Å². The van der Waals surface area contributed by atoms with Gasteiger partial charge >= 0.3 is 0 Å². The zero-order valence-electron chi connectivity index (χ0n) is 9.75. The standard InChI is InChI=1S/C11H24N2O/c1-10(2)8-11(12-3)9-13-4-6-14-7-5-13/h10-12H,4-9H2,1-3H3/t11-/m1/s1. The van der Waals surface area contributed by atoms with Crippen LogP contribution in [0.25, 0.3) is 0 Å². The fraction of sp³-hybridized carbons (Fsp3) is 1.00. The molecule has 1 N–H and O–H groups in total. The lowest BCUT2D eigenvalue weighted by atomic mass is 10.0. The van der Waals surface area contributed by atoms with Crippen molar-refractivity contribution in [2.45, 2.75) is 26.3 Å². The molecule has 0 aromatic heterocycles. The third-order valence-electron chi connectivity index (χ3n) is 2.75. The van der Waals surface area contributed by atoms with Crippen molar-refractivity contribution in [2.75, 3.05) is 39.9 Å². The van der Waals surface area contributed by atoms with Crippen LogP contribution >= 0.6 is 0 Å². The lowest BCUT2D eigenvalue weighted by molar-refractivity contribution is 0.0329. The fourth-order valence-corrected chi connectivity index (χ4v) is 1.95. The molecule has 3 nitrogen and oxygen atoms in total. The summed E-state index contributed by atoms with van der Waals surface area (Å²) in [6.45, 7) is 9.72. The van der Waals surface area contributed by atoms with Gasteiger partial charge in [-0.25, -0.2) is 0 Å².